The predicted molar refractivity (Wildman–Crippen MR) is 73.5 cm³/mol. The van der Waals surface area contributed by atoms with Crippen molar-refractivity contribution in [1.82, 2.24) is 5.32 Å². The summed E-state index contributed by atoms with van der Waals surface area (Å²) in [6.45, 7) is 2.23. The van der Waals surface area contributed by atoms with E-state index in [2.05, 4.69) is 35.6 Å². The van der Waals surface area contributed by atoms with Crippen LogP contribution in [0.4, 0.5) is 0 Å². The summed E-state index contributed by atoms with van der Waals surface area (Å²) in [5.41, 5.74) is 1.18. The van der Waals surface area contributed by atoms with Crippen molar-refractivity contribution < 1.29 is 10.2 Å². The van der Waals surface area contributed by atoms with Crippen LogP contribution in [0.5, 0.6) is 0 Å². The Morgan fingerprint density at radius 3 is 2.56 bits per heavy atom. The van der Waals surface area contributed by atoms with Crippen molar-refractivity contribution >= 4 is 10.8 Å². The van der Waals surface area contributed by atoms with Gasteiger partial charge >= 0.3 is 0 Å². The van der Waals surface area contributed by atoms with Crippen LogP contribution in [0.25, 0.3) is 10.8 Å². The first-order valence-corrected chi connectivity index (χ1v) is 6.21. The summed E-state index contributed by atoms with van der Waals surface area (Å²) in [5, 5.41) is 23.7. The maximum absolute atomic E-state index is 9.31. The first-order valence-electron chi connectivity index (χ1n) is 6.21. The van der Waals surface area contributed by atoms with Crippen LogP contribution in [-0.2, 0) is 0 Å². The second-order valence-electron chi connectivity index (χ2n) is 4.57. The number of hydrogen-bond acceptors (Lipinski definition) is 3. The number of hydrogen-bond donors (Lipinski definition) is 3. The molecule has 0 bridgehead atoms. The van der Waals surface area contributed by atoms with Gasteiger partial charge in [0.2, 0.25) is 0 Å². The summed E-state index contributed by atoms with van der Waals surface area (Å²) in [6.07, 6.45) is -0.701. The highest BCUT2D eigenvalue weighted by Crippen LogP contribution is 2.20. The summed E-state index contributed by atoms with van der Waals surface area (Å²) in [7, 11) is 0. The predicted octanol–water partition coefficient (Wildman–Crippen LogP) is 1.84. The molecule has 3 heteroatoms. The standard InChI is InChI=1S/C15H19NO2/c1-11(16-9-15(18)10-17)13-7-6-12-4-2-3-5-14(12)8-13/h2-8,11,15-18H,9-10H2,1H3. The molecular formula is C15H19NO2. The van der Waals surface area contributed by atoms with Crippen LogP contribution in [0.2, 0.25) is 0 Å². The SMILES string of the molecule is CC(NCC(O)CO)c1ccc2ccccc2c1. The van der Waals surface area contributed by atoms with Crippen LogP contribution in [0, 0.1) is 0 Å². The van der Waals surface area contributed by atoms with Crippen molar-refractivity contribution in [2.75, 3.05) is 13.2 Å². The van der Waals surface area contributed by atoms with Crippen molar-refractivity contribution in [1.29, 1.82) is 0 Å². The van der Waals surface area contributed by atoms with Gasteiger partial charge < -0.3 is 15.5 Å². The topological polar surface area (TPSA) is 52.5 Å². The van der Waals surface area contributed by atoms with E-state index >= 15 is 0 Å². The van der Waals surface area contributed by atoms with Gasteiger partial charge in [-0.2, -0.15) is 0 Å². The Kier molecular flexibility index (Phi) is 4.31. The summed E-state index contributed by atoms with van der Waals surface area (Å²) in [6, 6.07) is 14.7. The minimum atomic E-state index is -0.701. The maximum atomic E-state index is 9.31. The summed E-state index contributed by atoms with van der Waals surface area (Å²) in [5.74, 6) is 0. The number of rotatable bonds is 5. The Balaban J connectivity index is 2.10. The molecule has 2 unspecified atom stereocenters. The lowest BCUT2D eigenvalue weighted by Gasteiger charge is -2.16. The molecule has 18 heavy (non-hydrogen) atoms. The fourth-order valence-corrected chi connectivity index (χ4v) is 1.97. The van der Waals surface area contributed by atoms with Crippen molar-refractivity contribution in [2.45, 2.75) is 19.1 Å². The first-order chi connectivity index (χ1) is 8.70. The number of aliphatic hydroxyl groups is 2. The Hall–Kier alpha value is -1.42. The molecule has 0 spiro atoms. The molecule has 2 rings (SSSR count). The smallest absolute Gasteiger partial charge is 0.0895 e. The van der Waals surface area contributed by atoms with Gasteiger partial charge in [-0.15, -0.1) is 0 Å². The van der Waals surface area contributed by atoms with Gasteiger partial charge in [-0.3, -0.25) is 0 Å². The molecule has 0 heterocycles. The zero-order valence-corrected chi connectivity index (χ0v) is 10.5. The largest absolute Gasteiger partial charge is 0.394 e. The summed E-state index contributed by atoms with van der Waals surface area (Å²) in [4.78, 5) is 0. The molecule has 96 valence electrons. The van der Waals surface area contributed by atoms with E-state index in [0.29, 0.717) is 6.54 Å². The van der Waals surface area contributed by atoms with Crippen molar-refractivity contribution in [2.24, 2.45) is 0 Å². The van der Waals surface area contributed by atoms with Gasteiger partial charge in [-0.05, 0) is 29.3 Å². The Bertz CT molecular complexity index is 513. The van der Waals surface area contributed by atoms with Crippen molar-refractivity contribution in [3.05, 3.63) is 48.0 Å². The van der Waals surface area contributed by atoms with E-state index in [1.165, 1.54) is 16.3 Å². The number of aliphatic hydroxyl groups excluding tert-OH is 2. The normalized spacial score (nSPS) is 14.6. The molecule has 3 N–H and O–H groups in total. The van der Waals surface area contributed by atoms with Crippen molar-refractivity contribution in [3.8, 4) is 0 Å². The second kappa shape index (κ2) is 5.96. The molecule has 0 aliphatic heterocycles. The molecule has 3 nitrogen and oxygen atoms in total. The number of fused-ring (bicyclic) bond motifs is 1. The van der Waals surface area contributed by atoms with Crippen LogP contribution in [-0.4, -0.2) is 29.5 Å². The summed E-state index contributed by atoms with van der Waals surface area (Å²) >= 11 is 0. The molecule has 0 radical (unpaired) electrons. The van der Waals surface area contributed by atoms with Crippen LogP contribution in [0.3, 0.4) is 0 Å². The van der Waals surface area contributed by atoms with Crippen LogP contribution < -0.4 is 5.32 Å². The lowest BCUT2D eigenvalue weighted by Crippen LogP contribution is -2.31. The molecule has 0 saturated carbocycles. The quantitative estimate of drug-likeness (QED) is 0.753. The van der Waals surface area contributed by atoms with Crippen LogP contribution in [0.15, 0.2) is 42.5 Å². The van der Waals surface area contributed by atoms with E-state index in [1.807, 2.05) is 19.1 Å². The average molecular weight is 245 g/mol. The Morgan fingerprint density at radius 1 is 1.11 bits per heavy atom. The van der Waals surface area contributed by atoms with E-state index in [0.717, 1.165) is 0 Å². The molecular weight excluding hydrogens is 226 g/mol. The van der Waals surface area contributed by atoms with E-state index < -0.39 is 6.10 Å². The van der Waals surface area contributed by atoms with Gasteiger partial charge in [0.15, 0.2) is 0 Å². The molecule has 0 amide bonds. The lowest BCUT2D eigenvalue weighted by atomic mass is 10.0. The highest BCUT2D eigenvalue weighted by atomic mass is 16.3. The highest BCUT2D eigenvalue weighted by molar-refractivity contribution is 5.83. The molecule has 0 saturated heterocycles. The van der Waals surface area contributed by atoms with Gasteiger partial charge in [-0.25, -0.2) is 0 Å². The third kappa shape index (κ3) is 3.07. The molecule has 0 fully saturated rings. The minimum Gasteiger partial charge on any atom is -0.394 e. The molecule has 0 aliphatic rings. The van der Waals surface area contributed by atoms with E-state index in [-0.39, 0.29) is 12.6 Å². The lowest BCUT2D eigenvalue weighted by molar-refractivity contribution is 0.0924. The Morgan fingerprint density at radius 2 is 1.83 bits per heavy atom. The van der Waals surface area contributed by atoms with E-state index in [4.69, 9.17) is 5.11 Å². The Labute approximate surface area is 107 Å². The van der Waals surface area contributed by atoms with Crippen molar-refractivity contribution in [3.63, 3.8) is 0 Å². The minimum absolute atomic E-state index is 0.149. The highest BCUT2D eigenvalue weighted by Gasteiger charge is 2.08. The zero-order chi connectivity index (χ0) is 13.0. The molecule has 2 aromatic carbocycles. The molecule has 0 aliphatic carbocycles. The fourth-order valence-electron chi connectivity index (χ4n) is 1.97. The van der Waals surface area contributed by atoms with Crippen LogP contribution >= 0.6 is 0 Å². The molecule has 0 aromatic heterocycles. The first kappa shape index (κ1) is 13.0. The summed E-state index contributed by atoms with van der Waals surface area (Å²) < 4.78 is 0. The zero-order valence-electron chi connectivity index (χ0n) is 10.5. The van der Waals surface area contributed by atoms with E-state index in [1.54, 1.807) is 0 Å². The van der Waals surface area contributed by atoms with E-state index in [9.17, 15) is 5.11 Å². The van der Waals surface area contributed by atoms with Gasteiger partial charge in [-0.1, -0.05) is 36.4 Å². The average Bonchev–Trinajstić information content (AvgIpc) is 2.43. The number of nitrogens with one attached hydrogen (secondary N) is 1. The van der Waals surface area contributed by atoms with Crippen LogP contribution in [0.1, 0.15) is 18.5 Å². The third-order valence-electron chi connectivity index (χ3n) is 3.14. The fraction of sp³-hybridized carbons (Fsp3) is 0.333. The maximum Gasteiger partial charge on any atom is 0.0895 e. The molecule has 2 aromatic rings. The second-order valence-corrected chi connectivity index (χ2v) is 4.57. The molecule has 2 atom stereocenters. The monoisotopic (exact) mass is 245 g/mol. The van der Waals surface area contributed by atoms with Gasteiger partial charge in [0.1, 0.15) is 0 Å². The van der Waals surface area contributed by atoms with Gasteiger partial charge in [0, 0.05) is 12.6 Å². The van der Waals surface area contributed by atoms with Gasteiger partial charge in [0.05, 0.1) is 12.7 Å². The third-order valence-corrected chi connectivity index (χ3v) is 3.14. The van der Waals surface area contributed by atoms with Gasteiger partial charge in [0.25, 0.3) is 0 Å². The number of benzene rings is 2.